The summed E-state index contributed by atoms with van der Waals surface area (Å²) in [4.78, 5) is 45.9. The normalized spacial score (nSPS) is 14.9. The lowest BCUT2D eigenvalue weighted by molar-refractivity contribution is -0.384. The second kappa shape index (κ2) is 9.38. The first-order valence-corrected chi connectivity index (χ1v) is 10.1. The average Bonchev–Trinajstić information content (AvgIpc) is 2.94. The van der Waals surface area contributed by atoms with E-state index in [2.05, 4.69) is 0 Å². The molecule has 9 nitrogen and oxygen atoms in total. The van der Waals surface area contributed by atoms with Crippen molar-refractivity contribution in [3.05, 3.63) is 72.6 Å². The number of benzene rings is 2. The van der Waals surface area contributed by atoms with Crippen molar-refractivity contribution in [1.82, 2.24) is 4.90 Å². The summed E-state index contributed by atoms with van der Waals surface area (Å²) in [5.41, 5.74) is 0.863. The molecule has 1 N–H and O–H groups in total. The molecule has 12 heteroatoms. The van der Waals surface area contributed by atoms with Crippen LogP contribution in [0.15, 0.2) is 41.3 Å². The number of non-ortho nitro benzene ring substituents is 1. The van der Waals surface area contributed by atoms with Crippen molar-refractivity contribution in [3.8, 4) is 5.75 Å². The molecular formula is C19H12Cl2N2O7S. The second-order valence-corrected chi connectivity index (χ2v) is 8.00. The van der Waals surface area contributed by atoms with Gasteiger partial charge >= 0.3 is 5.97 Å². The number of carboxylic acid groups (broad SMARTS) is 1. The zero-order valence-corrected chi connectivity index (χ0v) is 17.7. The van der Waals surface area contributed by atoms with Crippen LogP contribution in [-0.2, 0) is 16.2 Å². The Kier molecular flexibility index (Phi) is 6.84. The molecule has 0 aromatic heterocycles. The molecule has 2 amide bonds. The number of carboxylic acids is 1. The maximum atomic E-state index is 12.2. The molecule has 3 rings (SSSR count). The van der Waals surface area contributed by atoms with Crippen LogP contribution in [-0.4, -0.2) is 38.6 Å². The van der Waals surface area contributed by atoms with E-state index in [4.69, 9.17) is 33.0 Å². The van der Waals surface area contributed by atoms with E-state index >= 15 is 0 Å². The number of nitrogens with zero attached hydrogens (tertiary/aromatic N) is 2. The fourth-order valence-electron chi connectivity index (χ4n) is 2.64. The summed E-state index contributed by atoms with van der Waals surface area (Å²) in [6, 6.07) is 8.82. The lowest BCUT2D eigenvalue weighted by atomic mass is 10.2. The highest BCUT2D eigenvalue weighted by Gasteiger charge is 2.36. The number of amides is 2. The number of halogens is 2. The van der Waals surface area contributed by atoms with Gasteiger partial charge in [0.15, 0.2) is 5.75 Å². The highest BCUT2D eigenvalue weighted by atomic mass is 35.5. The van der Waals surface area contributed by atoms with Crippen molar-refractivity contribution in [3.63, 3.8) is 0 Å². The molecule has 0 atom stereocenters. The van der Waals surface area contributed by atoms with Crippen molar-refractivity contribution >= 4 is 63.8 Å². The first-order valence-electron chi connectivity index (χ1n) is 8.48. The third kappa shape index (κ3) is 5.35. The van der Waals surface area contributed by atoms with E-state index in [0.29, 0.717) is 27.8 Å². The van der Waals surface area contributed by atoms with E-state index < -0.39 is 28.6 Å². The zero-order chi connectivity index (χ0) is 22.7. The molecule has 2 aromatic carbocycles. The molecule has 1 heterocycles. The summed E-state index contributed by atoms with van der Waals surface area (Å²) >= 11 is 13.1. The summed E-state index contributed by atoms with van der Waals surface area (Å²) in [5.74, 6) is -1.89. The number of hydrogen-bond acceptors (Lipinski definition) is 7. The number of thioether (sulfide) groups is 1. The first-order chi connectivity index (χ1) is 14.7. The SMILES string of the molecule is O=C(O)CN1C(=O)S/C(=C/c2cc(Cl)c(OCc3cccc([N+](=O)[O-])c3)c(Cl)c2)C1=O. The number of imide groups is 1. The van der Waals surface area contributed by atoms with Crippen molar-refractivity contribution in [1.29, 1.82) is 0 Å². The first kappa shape index (κ1) is 22.6. The van der Waals surface area contributed by atoms with E-state index in [1.54, 1.807) is 6.07 Å². The minimum atomic E-state index is -1.31. The standard InChI is InChI=1S/C19H12Cl2N2O7S/c20-13-5-11(7-15-18(26)22(8-16(24)25)19(27)31-15)6-14(21)17(13)30-9-10-2-1-3-12(4-10)23(28)29/h1-7H,8-9H2,(H,24,25)/b15-7+. The van der Waals surface area contributed by atoms with Crippen LogP contribution in [0.2, 0.25) is 10.0 Å². The summed E-state index contributed by atoms with van der Waals surface area (Å²) in [6.45, 7) is -0.748. The molecule has 1 saturated heterocycles. The smallest absolute Gasteiger partial charge is 0.323 e. The van der Waals surface area contributed by atoms with E-state index in [1.165, 1.54) is 36.4 Å². The van der Waals surface area contributed by atoms with Crippen molar-refractivity contribution in [2.45, 2.75) is 6.61 Å². The van der Waals surface area contributed by atoms with Gasteiger partial charge in [0.1, 0.15) is 13.2 Å². The van der Waals surface area contributed by atoms with Crippen molar-refractivity contribution in [2.24, 2.45) is 0 Å². The molecule has 1 aliphatic heterocycles. The van der Waals surface area contributed by atoms with Gasteiger partial charge in [0.25, 0.3) is 16.8 Å². The van der Waals surface area contributed by atoms with Crippen LogP contribution in [0.3, 0.4) is 0 Å². The lowest BCUT2D eigenvalue weighted by Gasteiger charge is -2.11. The predicted molar refractivity (Wildman–Crippen MR) is 114 cm³/mol. The molecule has 31 heavy (non-hydrogen) atoms. The van der Waals surface area contributed by atoms with Crippen molar-refractivity contribution in [2.75, 3.05) is 6.54 Å². The molecule has 1 fully saturated rings. The molecule has 2 aromatic rings. The van der Waals surface area contributed by atoms with Crippen LogP contribution in [0.4, 0.5) is 10.5 Å². The molecule has 0 saturated carbocycles. The number of nitro groups is 1. The number of hydrogen-bond donors (Lipinski definition) is 1. The topological polar surface area (TPSA) is 127 Å². The van der Waals surface area contributed by atoms with Crippen LogP contribution < -0.4 is 4.74 Å². The Balaban J connectivity index is 1.78. The van der Waals surface area contributed by atoms with E-state index in [9.17, 15) is 24.5 Å². The lowest BCUT2D eigenvalue weighted by Crippen LogP contribution is -2.33. The summed E-state index contributed by atoms with van der Waals surface area (Å²) < 4.78 is 5.61. The molecule has 1 aliphatic rings. The van der Waals surface area contributed by atoms with Crippen LogP contribution in [0.5, 0.6) is 5.75 Å². The monoisotopic (exact) mass is 482 g/mol. The highest BCUT2D eigenvalue weighted by Crippen LogP contribution is 2.37. The molecular weight excluding hydrogens is 471 g/mol. The molecule has 0 unspecified atom stereocenters. The van der Waals surface area contributed by atoms with Crippen LogP contribution in [0.1, 0.15) is 11.1 Å². The van der Waals surface area contributed by atoms with E-state index in [0.717, 1.165) is 0 Å². The Hall–Kier alpha value is -3.08. The van der Waals surface area contributed by atoms with Gasteiger partial charge in [0.05, 0.1) is 19.9 Å². The summed E-state index contributed by atoms with van der Waals surface area (Å²) in [6.07, 6.45) is 1.37. The molecule has 0 radical (unpaired) electrons. The van der Waals surface area contributed by atoms with Gasteiger partial charge in [-0.25, -0.2) is 0 Å². The maximum absolute atomic E-state index is 12.2. The summed E-state index contributed by atoms with van der Waals surface area (Å²) in [5, 5.41) is 19.2. The van der Waals surface area contributed by atoms with Crippen LogP contribution in [0, 0.1) is 10.1 Å². The molecule has 0 spiro atoms. The average molecular weight is 483 g/mol. The molecule has 0 aliphatic carbocycles. The van der Waals surface area contributed by atoms with Gasteiger partial charge in [0, 0.05) is 12.1 Å². The van der Waals surface area contributed by atoms with Gasteiger partial charge in [-0.05, 0) is 41.1 Å². The van der Waals surface area contributed by atoms with Gasteiger partial charge in [-0.3, -0.25) is 29.4 Å². The number of nitro benzene ring substituents is 1. The Bertz CT molecular complexity index is 1110. The van der Waals surface area contributed by atoms with Crippen LogP contribution in [0.25, 0.3) is 6.08 Å². The molecule has 0 bridgehead atoms. The van der Waals surface area contributed by atoms with Crippen molar-refractivity contribution < 1.29 is 29.2 Å². The number of carbonyl (C=O) groups is 3. The van der Waals surface area contributed by atoms with Gasteiger partial charge in [-0.2, -0.15) is 0 Å². The van der Waals surface area contributed by atoms with E-state index in [-0.39, 0.29) is 33.0 Å². The van der Waals surface area contributed by atoms with Gasteiger partial charge in [-0.1, -0.05) is 35.3 Å². The quantitative estimate of drug-likeness (QED) is 0.344. The van der Waals surface area contributed by atoms with Gasteiger partial charge in [0.2, 0.25) is 0 Å². The fraction of sp³-hybridized carbons (Fsp3) is 0.105. The maximum Gasteiger partial charge on any atom is 0.323 e. The Morgan fingerprint density at radius 2 is 1.90 bits per heavy atom. The minimum Gasteiger partial charge on any atom is -0.486 e. The number of ether oxygens (including phenoxy) is 1. The number of aliphatic carboxylic acids is 1. The predicted octanol–water partition coefficient (Wildman–Crippen LogP) is 4.60. The van der Waals surface area contributed by atoms with Gasteiger partial charge in [-0.15, -0.1) is 0 Å². The third-order valence-corrected chi connectivity index (χ3v) is 5.46. The van der Waals surface area contributed by atoms with E-state index in [1.807, 2.05) is 0 Å². The molecule has 160 valence electrons. The second-order valence-electron chi connectivity index (χ2n) is 6.19. The summed E-state index contributed by atoms with van der Waals surface area (Å²) in [7, 11) is 0. The Labute approximate surface area is 189 Å². The fourth-order valence-corrected chi connectivity index (χ4v) is 4.09. The largest absolute Gasteiger partial charge is 0.486 e. The highest BCUT2D eigenvalue weighted by molar-refractivity contribution is 8.18. The minimum absolute atomic E-state index is 0.0193. The zero-order valence-electron chi connectivity index (χ0n) is 15.4. The number of rotatable bonds is 7. The number of carbonyl (C=O) groups excluding carboxylic acids is 2. The van der Waals surface area contributed by atoms with Gasteiger partial charge < -0.3 is 9.84 Å². The Morgan fingerprint density at radius 1 is 1.23 bits per heavy atom. The third-order valence-electron chi connectivity index (χ3n) is 3.99. The van der Waals surface area contributed by atoms with Crippen LogP contribution >= 0.6 is 35.0 Å². The Morgan fingerprint density at radius 3 is 2.52 bits per heavy atom.